The van der Waals surface area contributed by atoms with Crippen molar-refractivity contribution < 1.29 is 0 Å². The molecule has 1 aromatic heterocycles. The second-order valence-corrected chi connectivity index (χ2v) is 6.04. The summed E-state index contributed by atoms with van der Waals surface area (Å²) in [6.45, 7) is 0.332. The lowest BCUT2D eigenvalue weighted by Crippen LogP contribution is -2.29. The summed E-state index contributed by atoms with van der Waals surface area (Å²) in [6, 6.07) is 18.1. The molecule has 0 spiro atoms. The normalized spacial score (nSPS) is 10.3. The van der Waals surface area contributed by atoms with E-state index in [-0.39, 0.29) is 0 Å². The molecule has 0 unspecified atom stereocenters. The molecule has 0 aliphatic carbocycles. The lowest BCUT2D eigenvalue weighted by atomic mass is 10.0. The van der Waals surface area contributed by atoms with Gasteiger partial charge in [-0.1, -0.05) is 60.1 Å². The molecular formula is C18H16ClN5S. The quantitative estimate of drug-likeness (QED) is 0.606. The number of thiocarbonyl (C=S) groups is 1. The summed E-state index contributed by atoms with van der Waals surface area (Å²) in [5.41, 5.74) is 9.43. The molecule has 3 aromatic rings. The van der Waals surface area contributed by atoms with Crippen LogP contribution in [-0.2, 0) is 6.54 Å². The molecule has 5 nitrogen and oxygen atoms in total. The third-order valence-corrected chi connectivity index (χ3v) is 3.95. The van der Waals surface area contributed by atoms with Crippen molar-refractivity contribution in [2.24, 2.45) is 0 Å². The highest BCUT2D eigenvalue weighted by Crippen LogP contribution is 2.27. The minimum Gasteiger partial charge on any atom is -0.382 e. The Balaban J connectivity index is 1.71. The van der Waals surface area contributed by atoms with Gasteiger partial charge >= 0.3 is 0 Å². The monoisotopic (exact) mass is 369 g/mol. The van der Waals surface area contributed by atoms with Crippen LogP contribution in [0.5, 0.6) is 0 Å². The molecule has 0 aliphatic heterocycles. The van der Waals surface area contributed by atoms with Crippen LogP contribution in [0.25, 0.3) is 11.1 Å². The van der Waals surface area contributed by atoms with Crippen molar-refractivity contribution in [2.75, 3.05) is 11.1 Å². The number of benzene rings is 2. The highest BCUT2D eigenvalue weighted by molar-refractivity contribution is 7.80. The van der Waals surface area contributed by atoms with Gasteiger partial charge in [0, 0.05) is 11.3 Å². The summed E-state index contributed by atoms with van der Waals surface area (Å²) < 4.78 is 0. The molecule has 3 rings (SSSR count). The molecule has 1 heterocycles. The van der Waals surface area contributed by atoms with Crippen molar-refractivity contribution in [2.45, 2.75) is 6.54 Å². The van der Waals surface area contributed by atoms with Crippen LogP contribution in [-0.4, -0.2) is 15.1 Å². The molecule has 0 bridgehead atoms. The number of halogens is 1. The Hall–Kier alpha value is -2.70. The fraction of sp³-hybridized carbons (Fsp3) is 0.0556. The van der Waals surface area contributed by atoms with Gasteiger partial charge in [0.25, 0.3) is 0 Å². The zero-order valence-electron chi connectivity index (χ0n) is 13.2. The maximum atomic E-state index is 5.85. The molecule has 0 saturated carbocycles. The molecular weight excluding hydrogens is 354 g/mol. The van der Waals surface area contributed by atoms with Crippen LogP contribution in [0.15, 0.2) is 60.8 Å². The Kier molecular flexibility index (Phi) is 5.42. The van der Waals surface area contributed by atoms with Crippen molar-refractivity contribution in [3.63, 3.8) is 0 Å². The summed E-state index contributed by atoms with van der Waals surface area (Å²) in [5.74, 6) is 0.324. The van der Waals surface area contributed by atoms with Gasteiger partial charge in [-0.3, -0.25) is 0 Å². The van der Waals surface area contributed by atoms with Crippen LogP contribution in [0.2, 0.25) is 5.15 Å². The van der Waals surface area contributed by atoms with Gasteiger partial charge < -0.3 is 16.4 Å². The predicted molar refractivity (Wildman–Crippen MR) is 106 cm³/mol. The van der Waals surface area contributed by atoms with Gasteiger partial charge in [0.05, 0.1) is 12.7 Å². The van der Waals surface area contributed by atoms with E-state index in [1.807, 2.05) is 42.5 Å². The smallest absolute Gasteiger partial charge is 0.171 e. The van der Waals surface area contributed by atoms with E-state index in [0.717, 1.165) is 16.8 Å². The van der Waals surface area contributed by atoms with E-state index in [1.54, 1.807) is 0 Å². The number of nitrogen functional groups attached to an aromatic ring is 1. The first-order valence-electron chi connectivity index (χ1n) is 7.59. The van der Waals surface area contributed by atoms with Crippen LogP contribution >= 0.6 is 23.8 Å². The Morgan fingerprint density at radius 1 is 1.08 bits per heavy atom. The first kappa shape index (κ1) is 17.1. The first-order valence-corrected chi connectivity index (χ1v) is 8.38. The van der Waals surface area contributed by atoms with Crippen LogP contribution in [0, 0.1) is 0 Å². The summed E-state index contributed by atoms with van der Waals surface area (Å²) in [4.78, 5) is 8.12. The maximum absolute atomic E-state index is 5.85. The van der Waals surface area contributed by atoms with E-state index in [1.165, 1.54) is 6.20 Å². The molecule has 0 radical (unpaired) electrons. The van der Waals surface area contributed by atoms with Crippen LogP contribution in [0.4, 0.5) is 11.5 Å². The Morgan fingerprint density at radius 2 is 1.80 bits per heavy atom. The number of para-hydroxylation sites is 1. The zero-order chi connectivity index (χ0) is 17.6. The number of anilines is 2. The van der Waals surface area contributed by atoms with E-state index < -0.39 is 0 Å². The number of nitrogens with zero attached hydrogens (tertiary/aromatic N) is 2. The number of hydrogen-bond acceptors (Lipinski definition) is 4. The highest BCUT2D eigenvalue weighted by Gasteiger charge is 2.08. The topological polar surface area (TPSA) is 75.9 Å². The van der Waals surface area contributed by atoms with Crippen molar-refractivity contribution >= 4 is 40.4 Å². The second-order valence-electron chi connectivity index (χ2n) is 5.24. The van der Waals surface area contributed by atoms with Gasteiger partial charge in [-0.15, -0.1) is 0 Å². The SMILES string of the molecule is Nc1ncc(Cl)nc1CNC(=S)Nc1ccccc1-c1ccccc1. The minimum absolute atomic E-state index is 0.291. The number of nitrogens with two attached hydrogens (primary N) is 1. The van der Waals surface area contributed by atoms with Gasteiger partial charge in [0.1, 0.15) is 16.7 Å². The Labute approximate surface area is 156 Å². The van der Waals surface area contributed by atoms with E-state index in [2.05, 4.69) is 32.7 Å². The van der Waals surface area contributed by atoms with Crippen molar-refractivity contribution in [1.29, 1.82) is 0 Å². The van der Waals surface area contributed by atoms with E-state index in [0.29, 0.717) is 28.3 Å². The Morgan fingerprint density at radius 3 is 2.60 bits per heavy atom. The molecule has 0 aliphatic rings. The zero-order valence-corrected chi connectivity index (χ0v) is 14.8. The van der Waals surface area contributed by atoms with Gasteiger partial charge in [0.2, 0.25) is 0 Å². The molecule has 0 saturated heterocycles. The largest absolute Gasteiger partial charge is 0.382 e. The molecule has 0 amide bonds. The lowest BCUT2D eigenvalue weighted by Gasteiger charge is -2.14. The van der Waals surface area contributed by atoms with Gasteiger partial charge in [-0.25, -0.2) is 9.97 Å². The van der Waals surface area contributed by atoms with Crippen molar-refractivity contribution in [3.05, 3.63) is 71.6 Å². The molecule has 0 atom stereocenters. The molecule has 0 fully saturated rings. The van der Waals surface area contributed by atoms with E-state index >= 15 is 0 Å². The van der Waals surface area contributed by atoms with Gasteiger partial charge in [-0.05, 0) is 23.8 Å². The van der Waals surface area contributed by atoms with Crippen LogP contribution in [0.1, 0.15) is 5.69 Å². The van der Waals surface area contributed by atoms with E-state index in [4.69, 9.17) is 29.6 Å². The average molecular weight is 370 g/mol. The molecule has 2 aromatic carbocycles. The second kappa shape index (κ2) is 7.92. The summed E-state index contributed by atoms with van der Waals surface area (Å²) in [7, 11) is 0. The third kappa shape index (κ3) is 4.43. The molecule has 7 heteroatoms. The predicted octanol–water partition coefficient (Wildman–Crippen LogP) is 3.87. The number of aromatic nitrogens is 2. The number of nitrogens with one attached hydrogen (secondary N) is 2. The first-order chi connectivity index (χ1) is 12.1. The van der Waals surface area contributed by atoms with Gasteiger partial charge in [0.15, 0.2) is 5.11 Å². The highest BCUT2D eigenvalue weighted by atomic mass is 35.5. The fourth-order valence-electron chi connectivity index (χ4n) is 2.33. The molecule has 4 N–H and O–H groups in total. The Bertz CT molecular complexity index is 886. The van der Waals surface area contributed by atoms with Crippen molar-refractivity contribution in [1.82, 2.24) is 15.3 Å². The van der Waals surface area contributed by atoms with Crippen LogP contribution < -0.4 is 16.4 Å². The average Bonchev–Trinajstić information content (AvgIpc) is 2.64. The number of hydrogen-bond donors (Lipinski definition) is 3. The molecule has 25 heavy (non-hydrogen) atoms. The third-order valence-electron chi connectivity index (χ3n) is 3.52. The van der Waals surface area contributed by atoms with Crippen LogP contribution in [0.3, 0.4) is 0 Å². The summed E-state index contributed by atoms with van der Waals surface area (Å²) >= 11 is 11.2. The summed E-state index contributed by atoms with van der Waals surface area (Å²) in [6.07, 6.45) is 1.41. The van der Waals surface area contributed by atoms with E-state index in [9.17, 15) is 0 Å². The lowest BCUT2D eigenvalue weighted by molar-refractivity contribution is 0.875. The maximum Gasteiger partial charge on any atom is 0.171 e. The molecule has 126 valence electrons. The van der Waals surface area contributed by atoms with Crippen molar-refractivity contribution in [3.8, 4) is 11.1 Å². The standard InChI is InChI=1S/C18H16ClN5S/c19-16-11-21-17(20)15(23-16)10-22-18(25)24-14-9-5-4-8-13(14)12-6-2-1-3-7-12/h1-9,11H,10H2,(H2,20,21)(H2,22,24,25). The minimum atomic E-state index is 0.291. The summed E-state index contributed by atoms with van der Waals surface area (Å²) in [5, 5.41) is 7.04. The van der Waals surface area contributed by atoms with Gasteiger partial charge in [-0.2, -0.15) is 0 Å². The number of rotatable bonds is 4. The fourth-order valence-corrected chi connectivity index (χ4v) is 2.67.